The van der Waals surface area contributed by atoms with Crippen molar-refractivity contribution < 1.29 is 4.79 Å². The van der Waals surface area contributed by atoms with Gasteiger partial charge in [-0.1, -0.05) is 50.6 Å². The first-order valence-corrected chi connectivity index (χ1v) is 7.85. The van der Waals surface area contributed by atoms with Crippen LogP contribution in [0, 0.1) is 18.3 Å². The van der Waals surface area contributed by atoms with Crippen molar-refractivity contribution in [1.29, 1.82) is 0 Å². The second-order valence-electron chi connectivity index (χ2n) is 6.94. The van der Waals surface area contributed by atoms with Crippen LogP contribution < -0.4 is 11.1 Å². The van der Waals surface area contributed by atoms with Gasteiger partial charge in [-0.3, -0.25) is 4.79 Å². The molecule has 21 heavy (non-hydrogen) atoms. The van der Waals surface area contributed by atoms with Crippen LogP contribution in [0.15, 0.2) is 24.3 Å². The van der Waals surface area contributed by atoms with E-state index in [1.54, 1.807) is 0 Å². The van der Waals surface area contributed by atoms with E-state index in [0.29, 0.717) is 25.4 Å². The summed E-state index contributed by atoms with van der Waals surface area (Å²) in [5.41, 5.74) is 8.26. The molecule has 1 unspecified atom stereocenters. The van der Waals surface area contributed by atoms with Crippen molar-refractivity contribution in [2.75, 3.05) is 6.54 Å². The minimum Gasteiger partial charge on any atom is -0.352 e. The predicted molar refractivity (Wildman–Crippen MR) is 88.9 cm³/mol. The second kappa shape index (κ2) is 8.18. The number of carbonyl (C=O) groups excluding carboxylic acids is 1. The maximum atomic E-state index is 12.0. The number of carbonyl (C=O) groups is 1. The van der Waals surface area contributed by atoms with Crippen LogP contribution in [0.4, 0.5) is 0 Å². The number of benzene rings is 1. The van der Waals surface area contributed by atoms with E-state index in [1.807, 2.05) is 12.1 Å². The third-order valence-corrected chi connectivity index (χ3v) is 4.03. The molecule has 3 N–H and O–H groups in total. The van der Waals surface area contributed by atoms with Gasteiger partial charge in [0.05, 0.1) is 0 Å². The van der Waals surface area contributed by atoms with Crippen molar-refractivity contribution in [2.24, 2.45) is 17.1 Å². The molecule has 118 valence electrons. The summed E-state index contributed by atoms with van der Waals surface area (Å²) in [4.78, 5) is 12.0. The smallest absolute Gasteiger partial charge is 0.220 e. The number of rotatable bonds is 7. The maximum absolute atomic E-state index is 12.0. The molecule has 0 aliphatic carbocycles. The lowest BCUT2D eigenvalue weighted by Crippen LogP contribution is -2.27. The van der Waals surface area contributed by atoms with Crippen LogP contribution in [0.25, 0.3) is 0 Å². The molecular weight excluding hydrogens is 260 g/mol. The topological polar surface area (TPSA) is 55.1 Å². The van der Waals surface area contributed by atoms with E-state index >= 15 is 0 Å². The van der Waals surface area contributed by atoms with Gasteiger partial charge in [0.1, 0.15) is 0 Å². The van der Waals surface area contributed by atoms with E-state index in [9.17, 15) is 4.79 Å². The first-order valence-electron chi connectivity index (χ1n) is 7.85. The molecule has 1 aromatic rings. The molecule has 3 nitrogen and oxygen atoms in total. The standard InChI is InChI=1S/C18H30N2O/c1-14-6-5-7-15(12-14)13-20-17(21)9-8-16(10-11-19)18(2,3)4/h5-7,12,16H,8-11,13,19H2,1-4H3,(H,20,21). The van der Waals surface area contributed by atoms with Crippen LogP contribution in [-0.4, -0.2) is 12.5 Å². The molecule has 0 saturated heterocycles. The first kappa shape index (κ1) is 17.7. The summed E-state index contributed by atoms with van der Waals surface area (Å²) in [5.74, 6) is 0.620. The average molecular weight is 290 g/mol. The van der Waals surface area contributed by atoms with Crippen LogP contribution in [0.3, 0.4) is 0 Å². The summed E-state index contributed by atoms with van der Waals surface area (Å²) in [5, 5.41) is 3.00. The van der Waals surface area contributed by atoms with E-state index in [-0.39, 0.29) is 11.3 Å². The molecule has 0 spiro atoms. The summed E-state index contributed by atoms with van der Waals surface area (Å²) >= 11 is 0. The highest BCUT2D eigenvalue weighted by Gasteiger charge is 2.24. The SMILES string of the molecule is Cc1cccc(CNC(=O)CCC(CCN)C(C)(C)C)c1. The normalized spacial score (nSPS) is 13.0. The molecule has 0 aliphatic rings. The van der Waals surface area contributed by atoms with E-state index < -0.39 is 0 Å². The summed E-state index contributed by atoms with van der Waals surface area (Å²) < 4.78 is 0. The minimum absolute atomic E-state index is 0.128. The van der Waals surface area contributed by atoms with Crippen molar-refractivity contribution in [1.82, 2.24) is 5.32 Å². The molecule has 3 heteroatoms. The lowest BCUT2D eigenvalue weighted by atomic mass is 9.76. The van der Waals surface area contributed by atoms with Crippen LogP contribution in [0.5, 0.6) is 0 Å². The first-order chi connectivity index (χ1) is 9.82. The molecule has 0 radical (unpaired) electrons. The lowest BCUT2D eigenvalue weighted by Gasteiger charge is -2.30. The average Bonchev–Trinajstić information content (AvgIpc) is 2.40. The van der Waals surface area contributed by atoms with Gasteiger partial charge in [0.2, 0.25) is 5.91 Å². The van der Waals surface area contributed by atoms with Crippen LogP contribution in [0.1, 0.15) is 51.2 Å². The van der Waals surface area contributed by atoms with Gasteiger partial charge in [0.15, 0.2) is 0 Å². The van der Waals surface area contributed by atoms with Gasteiger partial charge < -0.3 is 11.1 Å². The van der Waals surface area contributed by atoms with Crippen LogP contribution in [0.2, 0.25) is 0 Å². The zero-order chi connectivity index (χ0) is 15.9. The number of nitrogens with one attached hydrogen (secondary N) is 1. The van der Waals surface area contributed by atoms with E-state index in [4.69, 9.17) is 5.73 Å². The predicted octanol–water partition coefficient (Wildman–Crippen LogP) is 3.40. The zero-order valence-electron chi connectivity index (χ0n) is 13.9. The molecule has 0 aromatic heterocycles. The fourth-order valence-electron chi connectivity index (χ4n) is 2.63. The Bertz CT molecular complexity index is 449. The summed E-state index contributed by atoms with van der Waals surface area (Å²) in [6, 6.07) is 8.23. The second-order valence-corrected chi connectivity index (χ2v) is 6.94. The van der Waals surface area contributed by atoms with E-state index in [1.165, 1.54) is 5.56 Å². The Balaban J connectivity index is 2.39. The van der Waals surface area contributed by atoms with Gasteiger partial charge in [0, 0.05) is 13.0 Å². The molecule has 1 amide bonds. The Labute approximate surface area is 129 Å². The largest absolute Gasteiger partial charge is 0.352 e. The van der Waals surface area contributed by atoms with Gasteiger partial charge in [-0.05, 0) is 43.2 Å². The molecule has 1 aromatic carbocycles. The highest BCUT2D eigenvalue weighted by atomic mass is 16.1. The molecule has 1 atom stereocenters. The Morgan fingerprint density at radius 2 is 2.00 bits per heavy atom. The third kappa shape index (κ3) is 6.76. The van der Waals surface area contributed by atoms with Crippen LogP contribution >= 0.6 is 0 Å². The molecule has 0 aliphatic heterocycles. The summed E-state index contributed by atoms with van der Waals surface area (Å²) in [7, 11) is 0. The fraction of sp³-hybridized carbons (Fsp3) is 0.611. The molecule has 0 fully saturated rings. The molecule has 0 heterocycles. The monoisotopic (exact) mass is 290 g/mol. The lowest BCUT2D eigenvalue weighted by molar-refractivity contribution is -0.121. The van der Waals surface area contributed by atoms with E-state index in [2.05, 4.69) is 45.1 Å². The van der Waals surface area contributed by atoms with Gasteiger partial charge >= 0.3 is 0 Å². The zero-order valence-corrected chi connectivity index (χ0v) is 13.9. The Morgan fingerprint density at radius 1 is 1.29 bits per heavy atom. The van der Waals surface area contributed by atoms with Crippen molar-refractivity contribution in [3.63, 3.8) is 0 Å². The van der Waals surface area contributed by atoms with Gasteiger partial charge in [-0.15, -0.1) is 0 Å². The molecule has 0 bridgehead atoms. The summed E-state index contributed by atoms with van der Waals surface area (Å²) in [6.07, 6.45) is 2.46. The number of aryl methyl sites for hydroxylation is 1. The minimum atomic E-state index is 0.128. The third-order valence-electron chi connectivity index (χ3n) is 4.03. The Hall–Kier alpha value is -1.35. The molecular formula is C18H30N2O. The van der Waals surface area contributed by atoms with Crippen LogP contribution in [-0.2, 0) is 11.3 Å². The van der Waals surface area contributed by atoms with Crippen molar-refractivity contribution >= 4 is 5.91 Å². The van der Waals surface area contributed by atoms with E-state index in [0.717, 1.165) is 18.4 Å². The summed E-state index contributed by atoms with van der Waals surface area (Å²) in [6.45, 7) is 10.0. The van der Waals surface area contributed by atoms with Gasteiger partial charge in [0.25, 0.3) is 0 Å². The quantitative estimate of drug-likeness (QED) is 0.808. The number of amides is 1. The molecule has 1 rings (SSSR count). The maximum Gasteiger partial charge on any atom is 0.220 e. The van der Waals surface area contributed by atoms with Gasteiger partial charge in [-0.2, -0.15) is 0 Å². The number of nitrogens with two attached hydrogens (primary N) is 1. The van der Waals surface area contributed by atoms with Gasteiger partial charge in [-0.25, -0.2) is 0 Å². The fourth-order valence-corrected chi connectivity index (χ4v) is 2.63. The Morgan fingerprint density at radius 3 is 2.57 bits per heavy atom. The van der Waals surface area contributed by atoms with Crippen molar-refractivity contribution in [3.05, 3.63) is 35.4 Å². The molecule has 0 saturated carbocycles. The highest BCUT2D eigenvalue weighted by Crippen LogP contribution is 2.31. The Kier molecular flexibility index (Phi) is 6.90. The number of hydrogen-bond donors (Lipinski definition) is 2. The van der Waals surface area contributed by atoms with Crippen molar-refractivity contribution in [2.45, 2.75) is 53.5 Å². The number of hydrogen-bond acceptors (Lipinski definition) is 2. The highest BCUT2D eigenvalue weighted by molar-refractivity contribution is 5.75. The van der Waals surface area contributed by atoms with Crippen molar-refractivity contribution in [3.8, 4) is 0 Å².